The minimum absolute atomic E-state index is 0.00963. The van der Waals surface area contributed by atoms with Crippen molar-refractivity contribution in [2.45, 2.75) is 51.9 Å². The normalized spacial score (nSPS) is 15.9. The third kappa shape index (κ3) is 6.25. The first-order chi connectivity index (χ1) is 16.0. The molecule has 34 heavy (non-hydrogen) atoms. The predicted molar refractivity (Wildman–Crippen MR) is 125 cm³/mol. The molecule has 1 N–H and O–H groups in total. The second kappa shape index (κ2) is 10.7. The van der Waals surface area contributed by atoms with Gasteiger partial charge >= 0.3 is 6.18 Å². The Hall–Kier alpha value is -2.68. The van der Waals surface area contributed by atoms with Crippen LogP contribution in [0.1, 0.15) is 50.8 Å². The zero-order valence-electron chi connectivity index (χ0n) is 19.6. The van der Waals surface area contributed by atoms with E-state index >= 15 is 0 Å². The van der Waals surface area contributed by atoms with Crippen LogP contribution in [0.5, 0.6) is 11.5 Å². The largest absolute Gasteiger partial charge is 0.493 e. The molecule has 2 aromatic rings. The van der Waals surface area contributed by atoms with Crippen LogP contribution < -0.4 is 19.7 Å². The molecule has 1 amide bonds. The fourth-order valence-corrected chi connectivity index (χ4v) is 4.18. The van der Waals surface area contributed by atoms with Crippen LogP contribution in [0.2, 0.25) is 5.02 Å². The topological polar surface area (TPSA) is 63.7 Å². The van der Waals surface area contributed by atoms with E-state index in [9.17, 15) is 18.0 Å². The summed E-state index contributed by atoms with van der Waals surface area (Å²) in [6.07, 6.45) is -2.62. The van der Waals surface area contributed by atoms with Crippen molar-refractivity contribution < 1.29 is 27.4 Å². The van der Waals surface area contributed by atoms with Gasteiger partial charge in [-0.3, -0.25) is 4.79 Å². The summed E-state index contributed by atoms with van der Waals surface area (Å²) in [7, 11) is 1.57. The van der Waals surface area contributed by atoms with Crippen molar-refractivity contribution in [1.29, 1.82) is 0 Å². The number of pyridine rings is 1. The molecule has 0 radical (unpaired) electrons. The Morgan fingerprint density at radius 1 is 1.18 bits per heavy atom. The first-order valence-corrected chi connectivity index (χ1v) is 11.5. The quantitative estimate of drug-likeness (QED) is 0.534. The number of benzene rings is 1. The molecular weight excluding hydrogens is 471 g/mol. The molecular formula is C24H29ClF3N3O3. The molecule has 1 unspecified atom stereocenters. The second-order valence-electron chi connectivity index (χ2n) is 8.60. The number of carbonyl (C=O) groups is 1. The van der Waals surface area contributed by atoms with Crippen LogP contribution in [0.4, 0.5) is 19.0 Å². The van der Waals surface area contributed by atoms with Gasteiger partial charge in [0.15, 0.2) is 11.5 Å². The van der Waals surface area contributed by atoms with Gasteiger partial charge in [0.1, 0.15) is 5.82 Å². The van der Waals surface area contributed by atoms with Gasteiger partial charge in [0.2, 0.25) is 5.91 Å². The zero-order chi connectivity index (χ0) is 25.0. The highest BCUT2D eigenvalue weighted by Gasteiger charge is 2.33. The van der Waals surface area contributed by atoms with Crippen molar-refractivity contribution >= 4 is 23.3 Å². The fraction of sp³-hybridized carbons (Fsp3) is 0.500. The van der Waals surface area contributed by atoms with E-state index in [1.807, 2.05) is 43.9 Å². The minimum Gasteiger partial charge on any atom is -0.493 e. The minimum atomic E-state index is -4.50. The first kappa shape index (κ1) is 25.9. The van der Waals surface area contributed by atoms with Crippen LogP contribution >= 0.6 is 11.6 Å². The van der Waals surface area contributed by atoms with Crippen LogP contribution in [-0.4, -0.2) is 37.2 Å². The van der Waals surface area contributed by atoms with Gasteiger partial charge in [-0.25, -0.2) is 4.98 Å². The summed E-state index contributed by atoms with van der Waals surface area (Å²) in [5, 5.41) is 3.00. The lowest BCUT2D eigenvalue weighted by Gasteiger charge is -2.33. The molecule has 0 aliphatic carbocycles. The standard InChI is InChI=1S/C24H29ClF3N3O3/c1-14(2)34-20-6-5-17(11-21(20)33-4)15(3)30-23(32)16-7-9-31(10-8-16)22-19(25)12-18(13-29-22)24(26,27)28/h5-6,11-16H,7-10H2,1-4H3,(H,30,32). The number of alkyl halides is 3. The Balaban J connectivity index is 1.59. The summed E-state index contributed by atoms with van der Waals surface area (Å²) in [5.41, 5.74) is 0.00408. The summed E-state index contributed by atoms with van der Waals surface area (Å²) in [5.74, 6) is 1.26. The van der Waals surface area contributed by atoms with Gasteiger partial charge in [-0.15, -0.1) is 0 Å². The number of ether oxygens (including phenoxy) is 2. The van der Waals surface area contributed by atoms with Gasteiger partial charge in [-0.1, -0.05) is 17.7 Å². The Kier molecular flexibility index (Phi) is 8.17. The number of nitrogens with one attached hydrogen (secondary N) is 1. The fourth-order valence-electron chi connectivity index (χ4n) is 3.89. The number of halogens is 4. The van der Waals surface area contributed by atoms with Crippen molar-refractivity contribution in [1.82, 2.24) is 10.3 Å². The molecule has 1 aliphatic heterocycles. The molecule has 1 aromatic carbocycles. The summed E-state index contributed by atoms with van der Waals surface area (Å²) in [6, 6.07) is 6.22. The molecule has 186 valence electrons. The molecule has 1 aliphatic rings. The zero-order valence-corrected chi connectivity index (χ0v) is 20.3. The van der Waals surface area contributed by atoms with Gasteiger partial charge in [-0.2, -0.15) is 13.2 Å². The lowest BCUT2D eigenvalue weighted by Crippen LogP contribution is -2.41. The van der Waals surface area contributed by atoms with Gasteiger partial charge in [0.05, 0.1) is 29.8 Å². The summed E-state index contributed by atoms with van der Waals surface area (Å²) in [6.45, 7) is 6.71. The number of methoxy groups -OCH3 is 1. The number of aromatic nitrogens is 1. The molecule has 6 nitrogen and oxygen atoms in total. The predicted octanol–water partition coefficient (Wildman–Crippen LogP) is 5.64. The maximum atomic E-state index is 12.9. The summed E-state index contributed by atoms with van der Waals surface area (Å²) < 4.78 is 49.7. The lowest BCUT2D eigenvalue weighted by atomic mass is 9.95. The highest BCUT2D eigenvalue weighted by atomic mass is 35.5. The van der Waals surface area contributed by atoms with Crippen molar-refractivity contribution in [2.24, 2.45) is 5.92 Å². The van der Waals surface area contributed by atoms with E-state index in [4.69, 9.17) is 21.1 Å². The number of carbonyl (C=O) groups excluding carboxylic acids is 1. The molecule has 3 rings (SSSR count). The molecule has 1 saturated heterocycles. The maximum Gasteiger partial charge on any atom is 0.417 e. The third-order valence-corrected chi connectivity index (χ3v) is 6.00. The summed E-state index contributed by atoms with van der Waals surface area (Å²) in [4.78, 5) is 18.6. The monoisotopic (exact) mass is 499 g/mol. The van der Waals surface area contributed by atoms with E-state index in [-0.39, 0.29) is 29.0 Å². The summed E-state index contributed by atoms with van der Waals surface area (Å²) >= 11 is 6.07. The smallest absolute Gasteiger partial charge is 0.417 e. The van der Waals surface area contributed by atoms with Crippen LogP contribution in [0.15, 0.2) is 30.5 Å². The first-order valence-electron chi connectivity index (χ1n) is 11.1. The number of hydrogen-bond acceptors (Lipinski definition) is 5. The van der Waals surface area contributed by atoms with Crippen molar-refractivity contribution in [3.63, 3.8) is 0 Å². The van der Waals surface area contributed by atoms with Crippen LogP contribution in [0.3, 0.4) is 0 Å². The van der Waals surface area contributed by atoms with Gasteiger partial charge in [0.25, 0.3) is 0 Å². The van der Waals surface area contributed by atoms with Crippen molar-refractivity contribution in [3.05, 3.63) is 46.6 Å². The van der Waals surface area contributed by atoms with Crippen LogP contribution in [0, 0.1) is 5.92 Å². The average Bonchev–Trinajstić information content (AvgIpc) is 2.78. The lowest BCUT2D eigenvalue weighted by molar-refractivity contribution is -0.137. The number of piperidine rings is 1. The van der Waals surface area contributed by atoms with Crippen LogP contribution in [0.25, 0.3) is 0 Å². The number of hydrogen-bond donors (Lipinski definition) is 1. The van der Waals surface area contributed by atoms with E-state index in [1.165, 1.54) is 0 Å². The van der Waals surface area contributed by atoms with E-state index in [1.54, 1.807) is 7.11 Å². The highest BCUT2D eigenvalue weighted by molar-refractivity contribution is 6.33. The molecule has 0 bridgehead atoms. The molecule has 2 heterocycles. The van der Waals surface area contributed by atoms with Gasteiger partial charge in [-0.05, 0) is 57.4 Å². The number of rotatable bonds is 7. The average molecular weight is 500 g/mol. The number of nitrogens with zero attached hydrogens (tertiary/aromatic N) is 2. The second-order valence-corrected chi connectivity index (χ2v) is 9.00. The Morgan fingerprint density at radius 2 is 1.85 bits per heavy atom. The van der Waals surface area contributed by atoms with E-state index in [0.29, 0.717) is 43.2 Å². The van der Waals surface area contributed by atoms with Crippen LogP contribution in [-0.2, 0) is 11.0 Å². The number of anilines is 1. The molecule has 0 spiro atoms. The Labute approximate surface area is 202 Å². The van der Waals surface area contributed by atoms with Crippen molar-refractivity contribution in [3.8, 4) is 11.5 Å². The maximum absolute atomic E-state index is 12.9. The van der Waals surface area contributed by atoms with Gasteiger partial charge in [0, 0.05) is 25.2 Å². The van der Waals surface area contributed by atoms with Crippen molar-refractivity contribution in [2.75, 3.05) is 25.1 Å². The molecule has 10 heteroatoms. The Bertz CT molecular complexity index is 1010. The van der Waals surface area contributed by atoms with Gasteiger partial charge < -0.3 is 19.7 Å². The molecule has 1 atom stereocenters. The third-order valence-electron chi connectivity index (χ3n) is 5.72. The SMILES string of the molecule is COc1cc(C(C)NC(=O)C2CCN(c3ncc(C(F)(F)F)cc3Cl)CC2)ccc1OC(C)C. The van der Waals surface area contributed by atoms with E-state index in [0.717, 1.165) is 17.8 Å². The molecule has 1 fully saturated rings. The van der Waals surface area contributed by atoms with E-state index in [2.05, 4.69) is 10.3 Å². The molecule has 1 aromatic heterocycles. The highest BCUT2D eigenvalue weighted by Crippen LogP contribution is 2.35. The Morgan fingerprint density at radius 3 is 2.41 bits per heavy atom. The number of amides is 1. The van der Waals surface area contributed by atoms with E-state index < -0.39 is 11.7 Å². The molecule has 0 saturated carbocycles.